The average molecular weight is 309 g/mol. The Morgan fingerprint density at radius 3 is 2.50 bits per heavy atom. The van der Waals surface area contributed by atoms with Crippen LogP contribution in [0.1, 0.15) is 10.4 Å². The number of nitrogens with one attached hydrogen (secondary N) is 1. The first-order valence-electron chi connectivity index (χ1n) is 5.18. The van der Waals surface area contributed by atoms with Gasteiger partial charge in [-0.25, -0.2) is 4.39 Å². The zero-order chi connectivity index (χ0) is 13.1. The Bertz CT molecular complexity index is 584. The summed E-state index contributed by atoms with van der Waals surface area (Å²) in [5.41, 5.74) is 6.96. The second-order valence-corrected chi connectivity index (χ2v) is 4.55. The molecule has 5 heteroatoms. The van der Waals surface area contributed by atoms with E-state index in [4.69, 9.17) is 5.73 Å². The van der Waals surface area contributed by atoms with Crippen LogP contribution in [-0.2, 0) is 0 Å². The van der Waals surface area contributed by atoms with Crippen molar-refractivity contribution in [1.29, 1.82) is 0 Å². The van der Waals surface area contributed by atoms with Gasteiger partial charge in [0.25, 0.3) is 5.91 Å². The van der Waals surface area contributed by atoms with Gasteiger partial charge in [0.2, 0.25) is 0 Å². The summed E-state index contributed by atoms with van der Waals surface area (Å²) in [6, 6.07) is 10.6. The molecule has 0 heterocycles. The van der Waals surface area contributed by atoms with E-state index in [-0.39, 0.29) is 5.91 Å². The van der Waals surface area contributed by atoms with Gasteiger partial charge in [-0.1, -0.05) is 0 Å². The number of benzene rings is 2. The zero-order valence-corrected chi connectivity index (χ0v) is 10.9. The Morgan fingerprint density at radius 2 is 1.83 bits per heavy atom. The molecule has 0 atom stereocenters. The van der Waals surface area contributed by atoms with Gasteiger partial charge in [-0.15, -0.1) is 0 Å². The molecule has 0 unspecified atom stereocenters. The maximum Gasteiger partial charge on any atom is 0.255 e. The number of nitrogens with two attached hydrogens (primary N) is 1. The smallest absolute Gasteiger partial charge is 0.255 e. The lowest BCUT2D eigenvalue weighted by atomic mass is 10.2. The van der Waals surface area contributed by atoms with Crippen molar-refractivity contribution < 1.29 is 9.18 Å². The number of anilines is 2. The number of carbonyl (C=O) groups is 1. The van der Waals surface area contributed by atoms with E-state index in [1.54, 1.807) is 24.3 Å². The summed E-state index contributed by atoms with van der Waals surface area (Å²) in [5.74, 6) is -0.730. The molecule has 0 aliphatic carbocycles. The van der Waals surface area contributed by atoms with Crippen LogP contribution in [0, 0.1) is 5.82 Å². The van der Waals surface area contributed by atoms with Crippen molar-refractivity contribution in [2.75, 3.05) is 11.1 Å². The SMILES string of the molecule is Nc1ccc(C(=O)Nc2cc(F)ccc2Br)cc1. The highest BCUT2D eigenvalue weighted by Gasteiger charge is 2.08. The maximum absolute atomic E-state index is 13.1. The monoisotopic (exact) mass is 308 g/mol. The molecule has 0 aliphatic rings. The molecule has 2 aromatic rings. The highest BCUT2D eigenvalue weighted by atomic mass is 79.9. The first-order chi connectivity index (χ1) is 8.56. The standard InChI is InChI=1S/C13H10BrFN2O/c14-11-6-3-9(15)7-12(11)17-13(18)8-1-4-10(16)5-2-8/h1-7H,16H2,(H,17,18). The molecule has 0 bridgehead atoms. The zero-order valence-electron chi connectivity index (χ0n) is 9.28. The summed E-state index contributed by atoms with van der Waals surface area (Å²) < 4.78 is 13.7. The Hall–Kier alpha value is -1.88. The van der Waals surface area contributed by atoms with E-state index < -0.39 is 5.82 Å². The number of rotatable bonds is 2. The first kappa shape index (κ1) is 12.6. The fraction of sp³-hybridized carbons (Fsp3) is 0. The molecular formula is C13H10BrFN2O. The van der Waals surface area contributed by atoms with Crippen molar-refractivity contribution in [2.45, 2.75) is 0 Å². The van der Waals surface area contributed by atoms with Crippen LogP contribution < -0.4 is 11.1 Å². The lowest BCUT2D eigenvalue weighted by molar-refractivity contribution is 0.102. The van der Waals surface area contributed by atoms with E-state index in [1.165, 1.54) is 18.2 Å². The van der Waals surface area contributed by atoms with E-state index in [9.17, 15) is 9.18 Å². The Kier molecular flexibility index (Phi) is 3.62. The lowest BCUT2D eigenvalue weighted by Crippen LogP contribution is -2.12. The van der Waals surface area contributed by atoms with E-state index in [2.05, 4.69) is 21.2 Å². The van der Waals surface area contributed by atoms with Crippen LogP contribution in [0.4, 0.5) is 15.8 Å². The minimum absolute atomic E-state index is 0.318. The van der Waals surface area contributed by atoms with E-state index in [0.29, 0.717) is 21.4 Å². The van der Waals surface area contributed by atoms with Crippen LogP contribution >= 0.6 is 15.9 Å². The molecule has 0 fully saturated rings. The normalized spacial score (nSPS) is 10.1. The number of hydrogen-bond acceptors (Lipinski definition) is 2. The summed E-state index contributed by atoms with van der Waals surface area (Å²) in [4.78, 5) is 11.9. The molecule has 0 saturated carbocycles. The number of hydrogen-bond donors (Lipinski definition) is 2. The Balaban J connectivity index is 2.21. The van der Waals surface area contributed by atoms with Crippen LogP contribution in [-0.4, -0.2) is 5.91 Å². The van der Waals surface area contributed by atoms with Crippen molar-refractivity contribution in [2.24, 2.45) is 0 Å². The van der Waals surface area contributed by atoms with Gasteiger partial charge in [-0.2, -0.15) is 0 Å². The minimum atomic E-state index is -0.411. The number of nitrogen functional groups attached to an aromatic ring is 1. The third-order valence-electron chi connectivity index (χ3n) is 2.35. The number of amides is 1. The highest BCUT2D eigenvalue weighted by Crippen LogP contribution is 2.23. The molecule has 0 saturated heterocycles. The summed E-state index contributed by atoms with van der Waals surface area (Å²) in [5, 5.41) is 2.62. The van der Waals surface area contributed by atoms with Crippen LogP contribution in [0.3, 0.4) is 0 Å². The second kappa shape index (κ2) is 5.18. The van der Waals surface area contributed by atoms with Crippen molar-refractivity contribution in [1.82, 2.24) is 0 Å². The van der Waals surface area contributed by atoms with Crippen LogP contribution in [0.2, 0.25) is 0 Å². The average Bonchev–Trinajstić information content (AvgIpc) is 2.34. The molecule has 1 amide bonds. The topological polar surface area (TPSA) is 55.1 Å². The molecule has 92 valence electrons. The number of halogens is 2. The maximum atomic E-state index is 13.1. The van der Waals surface area contributed by atoms with Crippen LogP contribution in [0.15, 0.2) is 46.9 Å². The molecule has 0 aliphatic heterocycles. The quantitative estimate of drug-likeness (QED) is 0.835. The highest BCUT2D eigenvalue weighted by molar-refractivity contribution is 9.10. The summed E-state index contributed by atoms with van der Waals surface area (Å²) in [7, 11) is 0. The Labute approximate surface area is 112 Å². The van der Waals surface area contributed by atoms with E-state index in [0.717, 1.165) is 0 Å². The molecule has 2 aromatic carbocycles. The fourth-order valence-electron chi connectivity index (χ4n) is 1.42. The molecule has 3 N–H and O–H groups in total. The van der Waals surface area contributed by atoms with Crippen LogP contribution in [0.5, 0.6) is 0 Å². The van der Waals surface area contributed by atoms with Crippen LogP contribution in [0.25, 0.3) is 0 Å². The van der Waals surface area contributed by atoms with Gasteiger partial charge in [0.05, 0.1) is 5.69 Å². The molecular weight excluding hydrogens is 299 g/mol. The predicted octanol–water partition coefficient (Wildman–Crippen LogP) is 3.42. The Morgan fingerprint density at radius 1 is 1.17 bits per heavy atom. The first-order valence-corrected chi connectivity index (χ1v) is 5.97. The largest absolute Gasteiger partial charge is 0.399 e. The molecule has 18 heavy (non-hydrogen) atoms. The van der Waals surface area contributed by atoms with Gasteiger partial charge >= 0.3 is 0 Å². The third kappa shape index (κ3) is 2.87. The predicted molar refractivity (Wildman–Crippen MR) is 72.9 cm³/mol. The minimum Gasteiger partial charge on any atom is -0.399 e. The van der Waals surface area contributed by atoms with E-state index in [1.807, 2.05) is 0 Å². The lowest BCUT2D eigenvalue weighted by Gasteiger charge is -2.07. The van der Waals surface area contributed by atoms with Gasteiger partial charge in [0, 0.05) is 15.7 Å². The van der Waals surface area contributed by atoms with Gasteiger partial charge in [-0.3, -0.25) is 4.79 Å². The fourth-order valence-corrected chi connectivity index (χ4v) is 1.77. The van der Waals surface area contributed by atoms with Crippen molar-refractivity contribution in [3.05, 3.63) is 58.3 Å². The van der Waals surface area contributed by atoms with E-state index >= 15 is 0 Å². The van der Waals surface area contributed by atoms with Crippen molar-refractivity contribution in [3.63, 3.8) is 0 Å². The van der Waals surface area contributed by atoms with Gasteiger partial charge in [0.1, 0.15) is 5.82 Å². The van der Waals surface area contributed by atoms with Crippen molar-refractivity contribution >= 4 is 33.2 Å². The summed E-state index contributed by atoms with van der Waals surface area (Å²) >= 11 is 3.24. The third-order valence-corrected chi connectivity index (χ3v) is 3.04. The van der Waals surface area contributed by atoms with Gasteiger partial charge < -0.3 is 11.1 Å². The van der Waals surface area contributed by atoms with Gasteiger partial charge in [-0.05, 0) is 58.4 Å². The molecule has 3 nitrogen and oxygen atoms in total. The molecule has 2 rings (SSSR count). The molecule has 0 aromatic heterocycles. The number of carbonyl (C=O) groups excluding carboxylic acids is 1. The second-order valence-electron chi connectivity index (χ2n) is 3.70. The summed E-state index contributed by atoms with van der Waals surface area (Å²) in [6.07, 6.45) is 0. The van der Waals surface area contributed by atoms with Gasteiger partial charge in [0.15, 0.2) is 0 Å². The van der Waals surface area contributed by atoms with Crippen molar-refractivity contribution in [3.8, 4) is 0 Å². The molecule has 0 spiro atoms. The summed E-state index contributed by atoms with van der Waals surface area (Å²) in [6.45, 7) is 0. The molecule has 0 radical (unpaired) electrons.